The molecule has 0 radical (unpaired) electrons. The molecule has 0 bridgehead atoms. The third kappa shape index (κ3) is 3.75. The normalized spacial score (nSPS) is 16.0. The van der Waals surface area contributed by atoms with Crippen molar-refractivity contribution < 1.29 is 0 Å². The fourth-order valence-electron chi connectivity index (χ4n) is 2.93. The van der Waals surface area contributed by atoms with Gasteiger partial charge in [-0.25, -0.2) is 14.6 Å². The third-order valence-corrected chi connectivity index (χ3v) is 4.33. The Morgan fingerprint density at radius 2 is 2.00 bits per heavy atom. The maximum Gasteiger partial charge on any atom is 0.266 e. The fourth-order valence-corrected chi connectivity index (χ4v) is 2.93. The predicted molar refractivity (Wildman–Crippen MR) is 89.6 cm³/mol. The molecule has 1 aliphatic heterocycles. The molecule has 3 heterocycles. The van der Waals surface area contributed by atoms with Crippen molar-refractivity contribution in [3.8, 4) is 0 Å². The van der Waals surface area contributed by atoms with Crippen LogP contribution in [-0.4, -0.2) is 32.8 Å². The zero-order chi connectivity index (χ0) is 16.2. The average Bonchev–Trinajstić information content (AvgIpc) is 2.58. The maximum absolute atomic E-state index is 11.8. The lowest BCUT2D eigenvalue weighted by atomic mass is 9.97. The monoisotopic (exact) mass is 313 g/mol. The van der Waals surface area contributed by atoms with E-state index < -0.39 is 0 Å². The van der Waals surface area contributed by atoms with Crippen molar-refractivity contribution in [3.05, 3.63) is 46.8 Å². The van der Waals surface area contributed by atoms with E-state index in [4.69, 9.17) is 0 Å². The molecule has 6 nitrogen and oxygen atoms in total. The summed E-state index contributed by atoms with van der Waals surface area (Å²) in [6.45, 7) is 6.84. The van der Waals surface area contributed by atoms with Crippen molar-refractivity contribution in [2.75, 3.05) is 18.0 Å². The van der Waals surface area contributed by atoms with Crippen LogP contribution in [0.3, 0.4) is 0 Å². The van der Waals surface area contributed by atoms with Gasteiger partial charge >= 0.3 is 0 Å². The van der Waals surface area contributed by atoms with E-state index >= 15 is 0 Å². The zero-order valence-corrected chi connectivity index (χ0v) is 13.7. The van der Waals surface area contributed by atoms with Gasteiger partial charge in [0.25, 0.3) is 5.56 Å². The summed E-state index contributed by atoms with van der Waals surface area (Å²) in [4.78, 5) is 23.1. The molecule has 0 unspecified atom stereocenters. The predicted octanol–water partition coefficient (Wildman–Crippen LogP) is 2.07. The van der Waals surface area contributed by atoms with Crippen molar-refractivity contribution >= 4 is 5.82 Å². The molecule has 2 aromatic heterocycles. The Bertz CT molecular complexity index is 704. The van der Waals surface area contributed by atoms with Crippen LogP contribution in [-0.2, 0) is 6.54 Å². The number of aromatic nitrogens is 4. The second kappa shape index (κ2) is 6.89. The average molecular weight is 313 g/mol. The Hall–Kier alpha value is -2.24. The number of anilines is 1. The minimum Gasteiger partial charge on any atom is -0.356 e. The molecule has 0 amide bonds. The first-order valence-corrected chi connectivity index (χ1v) is 8.23. The van der Waals surface area contributed by atoms with Crippen LogP contribution < -0.4 is 10.5 Å². The van der Waals surface area contributed by atoms with E-state index in [1.807, 2.05) is 12.3 Å². The number of piperidine rings is 1. The molecular formula is C17H23N5O. The van der Waals surface area contributed by atoms with Gasteiger partial charge in [-0.05, 0) is 30.9 Å². The van der Waals surface area contributed by atoms with Gasteiger partial charge in [-0.15, -0.1) is 0 Å². The lowest BCUT2D eigenvalue weighted by Crippen LogP contribution is -2.37. The highest BCUT2D eigenvalue weighted by atomic mass is 16.1. The van der Waals surface area contributed by atoms with E-state index in [-0.39, 0.29) is 5.56 Å². The number of nitrogens with zero attached hydrogens (tertiary/aromatic N) is 5. The van der Waals surface area contributed by atoms with E-state index in [9.17, 15) is 4.79 Å². The molecule has 6 heteroatoms. The fraction of sp³-hybridized carbons (Fsp3) is 0.529. The van der Waals surface area contributed by atoms with Crippen molar-refractivity contribution in [1.82, 2.24) is 19.7 Å². The van der Waals surface area contributed by atoms with Crippen LogP contribution in [0.1, 0.15) is 38.4 Å². The first-order valence-electron chi connectivity index (χ1n) is 8.23. The van der Waals surface area contributed by atoms with Crippen LogP contribution in [0.25, 0.3) is 0 Å². The van der Waals surface area contributed by atoms with Crippen LogP contribution in [0.15, 0.2) is 35.4 Å². The van der Waals surface area contributed by atoms with Gasteiger partial charge in [-0.3, -0.25) is 4.79 Å². The SMILES string of the molecule is CC(C)c1nccc(N2CCC(Cn3ncccc3=O)CC2)n1. The first kappa shape index (κ1) is 15.6. The number of rotatable bonds is 4. The van der Waals surface area contributed by atoms with E-state index in [1.54, 1.807) is 23.0 Å². The molecule has 1 fully saturated rings. The summed E-state index contributed by atoms with van der Waals surface area (Å²) in [5, 5.41) is 4.15. The summed E-state index contributed by atoms with van der Waals surface area (Å²) in [7, 11) is 0. The Morgan fingerprint density at radius 3 is 2.70 bits per heavy atom. The number of hydrogen-bond donors (Lipinski definition) is 0. The summed E-state index contributed by atoms with van der Waals surface area (Å²) in [6, 6.07) is 5.23. The molecule has 0 spiro atoms. The highest BCUT2D eigenvalue weighted by Gasteiger charge is 2.21. The lowest BCUT2D eigenvalue weighted by Gasteiger charge is -2.33. The minimum absolute atomic E-state index is 0.0210. The third-order valence-electron chi connectivity index (χ3n) is 4.33. The van der Waals surface area contributed by atoms with Gasteiger partial charge in [0.05, 0.1) is 0 Å². The molecule has 2 aromatic rings. The molecular weight excluding hydrogens is 290 g/mol. The standard InChI is InChI=1S/C17H23N5O/c1-13(2)17-18-9-5-15(20-17)21-10-6-14(7-11-21)12-22-16(23)4-3-8-19-22/h3-5,8-9,13-14H,6-7,10-12H2,1-2H3. The lowest BCUT2D eigenvalue weighted by molar-refractivity contribution is 0.334. The second-order valence-electron chi connectivity index (χ2n) is 6.40. The highest BCUT2D eigenvalue weighted by molar-refractivity contribution is 5.38. The summed E-state index contributed by atoms with van der Waals surface area (Å²) in [5.41, 5.74) is -0.0210. The van der Waals surface area contributed by atoms with E-state index in [2.05, 4.69) is 33.8 Å². The summed E-state index contributed by atoms with van der Waals surface area (Å²) >= 11 is 0. The topological polar surface area (TPSA) is 63.9 Å². The summed E-state index contributed by atoms with van der Waals surface area (Å²) < 4.78 is 1.57. The van der Waals surface area contributed by atoms with E-state index in [1.165, 1.54) is 0 Å². The summed E-state index contributed by atoms with van der Waals surface area (Å²) in [6.07, 6.45) is 5.61. The molecule has 0 aliphatic carbocycles. The first-order chi connectivity index (χ1) is 11.1. The largest absolute Gasteiger partial charge is 0.356 e. The van der Waals surface area contributed by atoms with Crippen LogP contribution >= 0.6 is 0 Å². The Kier molecular flexibility index (Phi) is 4.69. The zero-order valence-electron chi connectivity index (χ0n) is 13.7. The molecule has 0 atom stereocenters. The minimum atomic E-state index is -0.0210. The molecule has 1 saturated heterocycles. The van der Waals surface area contributed by atoms with Crippen molar-refractivity contribution in [2.24, 2.45) is 5.92 Å². The van der Waals surface area contributed by atoms with Gasteiger partial charge in [0, 0.05) is 44.0 Å². The second-order valence-corrected chi connectivity index (χ2v) is 6.40. The van der Waals surface area contributed by atoms with Gasteiger partial charge in [0.15, 0.2) is 0 Å². The van der Waals surface area contributed by atoms with Gasteiger partial charge in [0.2, 0.25) is 0 Å². The van der Waals surface area contributed by atoms with Crippen molar-refractivity contribution in [2.45, 2.75) is 39.2 Å². The van der Waals surface area contributed by atoms with Gasteiger partial charge in [0.1, 0.15) is 11.6 Å². The molecule has 1 aliphatic rings. The van der Waals surface area contributed by atoms with Crippen LogP contribution in [0.2, 0.25) is 0 Å². The quantitative estimate of drug-likeness (QED) is 0.864. The maximum atomic E-state index is 11.8. The van der Waals surface area contributed by atoms with Gasteiger partial charge < -0.3 is 4.90 Å². The van der Waals surface area contributed by atoms with Crippen molar-refractivity contribution in [1.29, 1.82) is 0 Å². The summed E-state index contributed by atoms with van der Waals surface area (Å²) in [5.74, 6) is 2.73. The highest BCUT2D eigenvalue weighted by Crippen LogP contribution is 2.23. The van der Waals surface area contributed by atoms with Crippen LogP contribution in [0, 0.1) is 5.92 Å². The molecule has 0 saturated carbocycles. The Balaban J connectivity index is 1.61. The molecule has 0 aromatic carbocycles. The molecule has 3 rings (SSSR count). The molecule has 122 valence electrons. The molecule has 0 N–H and O–H groups in total. The molecule has 23 heavy (non-hydrogen) atoms. The van der Waals surface area contributed by atoms with E-state index in [0.29, 0.717) is 18.4 Å². The number of hydrogen-bond acceptors (Lipinski definition) is 5. The van der Waals surface area contributed by atoms with Crippen molar-refractivity contribution in [3.63, 3.8) is 0 Å². The Morgan fingerprint density at radius 1 is 1.22 bits per heavy atom. The van der Waals surface area contributed by atoms with Gasteiger partial charge in [-0.2, -0.15) is 5.10 Å². The van der Waals surface area contributed by atoms with Crippen LogP contribution in [0.5, 0.6) is 0 Å². The van der Waals surface area contributed by atoms with E-state index in [0.717, 1.165) is 37.6 Å². The smallest absolute Gasteiger partial charge is 0.266 e. The van der Waals surface area contributed by atoms with Gasteiger partial charge in [-0.1, -0.05) is 13.8 Å². The Labute approximate surface area is 136 Å². The van der Waals surface area contributed by atoms with Crippen LogP contribution in [0.4, 0.5) is 5.82 Å².